The van der Waals surface area contributed by atoms with E-state index in [1.807, 2.05) is 38.1 Å². The Bertz CT molecular complexity index is 738. The molecular formula is C21H25NO4. The van der Waals surface area contributed by atoms with Gasteiger partial charge in [0.15, 0.2) is 0 Å². The zero-order valence-electron chi connectivity index (χ0n) is 15.4. The zero-order chi connectivity index (χ0) is 19.1. The lowest BCUT2D eigenvalue weighted by Crippen LogP contribution is -2.33. The number of benzene rings is 2. The molecule has 138 valence electrons. The van der Waals surface area contributed by atoms with Crippen molar-refractivity contribution in [2.45, 2.75) is 27.2 Å². The molecule has 0 bridgehead atoms. The van der Waals surface area contributed by atoms with Gasteiger partial charge in [0.2, 0.25) is 5.91 Å². The molecule has 0 aliphatic rings. The van der Waals surface area contributed by atoms with Crippen LogP contribution in [-0.4, -0.2) is 23.6 Å². The number of nitrogens with one attached hydrogen (secondary N) is 1. The standard InChI is InChI=1S/C21H25NO4/c1-4-26-18-11-9-17(10-12-18)22-20(23)19(15(3)21(24)25)13-16-7-5-14(2)6-8-16/h5-12,15,19H,4,13H2,1-3H3,(H,22,23)(H,24,25)/t15-,19+/m0/s1. The van der Waals surface area contributed by atoms with Crippen LogP contribution in [0, 0.1) is 18.8 Å². The van der Waals surface area contributed by atoms with Crippen LogP contribution in [0.1, 0.15) is 25.0 Å². The lowest BCUT2D eigenvalue weighted by molar-refractivity contribution is -0.145. The van der Waals surface area contributed by atoms with Crippen LogP contribution in [-0.2, 0) is 16.0 Å². The van der Waals surface area contributed by atoms with Crippen LogP contribution < -0.4 is 10.1 Å². The Balaban J connectivity index is 2.14. The van der Waals surface area contributed by atoms with E-state index in [0.29, 0.717) is 18.7 Å². The number of ether oxygens (including phenoxy) is 1. The molecule has 0 saturated heterocycles. The maximum atomic E-state index is 12.7. The summed E-state index contributed by atoms with van der Waals surface area (Å²) in [5.41, 5.74) is 2.68. The average Bonchev–Trinajstić information content (AvgIpc) is 2.62. The van der Waals surface area contributed by atoms with Crippen LogP contribution in [0.3, 0.4) is 0 Å². The Morgan fingerprint density at radius 1 is 1.08 bits per heavy atom. The Labute approximate surface area is 154 Å². The minimum absolute atomic E-state index is 0.301. The monoisotopic (exact) mass is 355 g/mol. The highest BCUT2D eigenvalue weighted by Gasteiger charge is 2.30. The topological polar surface area (TPSA) is 75.6 Å². The molecule has 0 radical (unpaired) electrons. The van der Waals surface area contributed by atoms with Crippen molar-refractivity contribution in [3.05, 3.63) is 59.7 Å². The van der Waals surface area contributed by atoms with Gasteiger partial charge in [-0.05, 0) is 50.1 Å². The summed E-state index contributed by atoms with van der Waals surface area (Å²) in [5, 5.41) is 12.2. The minimum atomic E-state index is -0.982. The fourth-order valence-corrected chi connectivity index (χ4v) is 2.68. The molecule has 2 N–H and O–H groups in total. The number of rotatable bonds is 8. The molecule has 0 spiro atoms. The van der Waals surface area contributed by atoms with E-state index in [0.717, 1.165) is 16.9 Å². The van der Waals surface area contributed by atoms with Gasteiger partial charge in [-0.15, -0.1) is 0 Å². The summed E-state index contributed by atoms with van der Waals surface area (Å²) in [6.45, 7) is 6.03. The third-order valence-electron chi connectivity index (χ3n) is 4.34. The Morgan fingerprint density at radius 3 is 2.23 bits per heavy atom. The first-order chi connectivity index (χ1) is 12.4. The van der Waals surface area contributed by atoms with Gasteiger partial charge in [0, 0.05) is 5.69 Å². The molecule has 2 aromatic carbocycles. The van der Waals surface area contributed by atoms with Crippen LogP contribution in [0.15, 0.2) is 48.5 Å². The molecule has 1 amide bonds. The predicted octanol–water partition coefficient (Wildman–Crippen LogP) is 3.91. The van der Waals surface area contributed by atoms with Crippen molar-refractivity contribution >= 4 is 17.6 Å². The number of amides is 1. The molecular weight excluding hydrogens is 330 g/mol. The SMILES string of the molecule is CCOc1ccc(NC(=O)[C@H](Cc2ccc(C)cc2)[C@H](C)C(=O)O)cc1. The first-order valence-corrected chi connectivity index (χ1v) is 8.72. The molecule has 2 aromatic rings. The van der Waals surface area contributed by atoms with Crippen LogP contribution in [0.5, 0.6) is 5.75 Å². The third kappa shape index (κ3) is 5.34. The molecule has 2 rings (SSSR count). The first-order valence-electron chi connectivity index (χ1n) is 8.72. The Kier molecular flexibility index (Phi) is 6.78. The van der Waals surface area contributed by atoms with E-state index in [1.165, 1.54) is 0 Å². The molecule has 5 nitrogen and oxygen atoms in total. The molecule has 0 aliphatic carbocycles. The van der Waals surface area contributed by atoms with Crippen molar-refractivity contribution < 1.29 is 19.4 Å². The van der Waals surface area contributed by atoms with Gasteiger partial charge in [0.1, 0.15) is 5.75 Å². The van der Waals surface area contributed by atoms with E-state index in [9.17, 15) is 14.7 Å². The van der Waals surface area contributed by atoms with Gasteiger partial charge in [-0.3, -0.25) is 9.59 Å². The van der Waals surface area contributed by atoms with Crippen LogP contribution in [0.25, 0.3) is 0 Å². The summed E-state index contributed by atoms with van der Waals surface area (Å²) in [7, 11) is 0. The molecule has 0 heterocycles. The number of aliphatic carboxylic acids is 1. The summed E-state index contributed by atoms with van der Waals surface area (Å²) in [6.07, 6.45) is 0.372. The number of carboxylic acid groups (broad SMARTS) is 1. The Morgan fingerprint density at radius 2 is 1.69 bits per heavy atom. The molecule has 0 fully saturated rings. The lowest BCUT2D eigenvalue weighted by atomic mass is 9.87. The van der Waals surface area contributed by atoms with E-state index in [2.05, 4.69) is 5.32 Å². The highest BCUT2D eigenvalue weighted by atomic mass is 16.5. The number of hydrogen-bond donors (Lipinski definition) is 2. The van der Waals surface area contributed by atoms with E-state index < -0.39 is 17.8 Å². The number of hydrogen-bond acceptors (Lipinski definition) is 3. The summed E-state index contributed by atoms with van der Waals surface area (Å²) in [4.78, 5) is 24.2. The third-order valence-corrected chi connectivity index (χ3v) is 4.34. The van der Waals surface area contributed by atoms with E-state index in [1.54, 1.807) is 31.2 Å². The highest BCUT2D eigenvalue weighted by Crippen LogP contribution is 2.22. The molecule has 0 aliphatic heterocycles. The minimum Gasteiger partial charge on any atom is -0.494 e. The molecule has 5 heteroatoms. The normalized spacial score (nSPS) is 12.9. The van der Waals surface area contributed by atoms with Crippen molar-refractivity contribution in [2.75, 3.05) is 11.9 Å². The van der Waals surface area contributed by atoms with Crippen molar-refractivity contribution in [1.82, 2.24) is 0 Å². The lowest BCUT2D eigenvalue weighted by Gasteiger charge is -2.21. The number of carbonyl (C=O) groups excluding carboxylic acids is 1. The average molecular weight is 355 g/mol. The van der Waals surface area contributed by atoms with Crippen molar-refractivity contribution in [1.29, 1.82) is 0 Å². The summed E-state index contributed by atoms with van der Waals surface area (Å²) in [5.74, 6) is -2.02. The second-order valence-electron chi connectivity index (χ2n) is 6.37. The van der Waals surface area contributed by atoms with Gasteiger partial charge in [-0.1, -0.05) is 36.8 Å². The van der Waals surface area contributed by atoms with Crippen molar-refractivity contribution in [2.24, 2.45) is 11.8 Å². The second kappa shape index (κ2) is 9.04. The fraction of sp³-hybridized carbons (Fsp3) is 0.333. The van der Waals surface area contributed by atoms with Gasteiger partial charge in [0.05, 0.1) is 18.4 Å². The quantitative estimate of drug-likeness (QED) is 0.753. The van der Waals surface area contributed by atoms with Crippen molar-refractivity contribution in [3.63, 3.8) is 0 Å². The van der Waals surface area contributed by atoms with Gasteiger partial charge < -0.3 is 15.2 Å². The zero-order valence-corrected chi connectivity index (χ0v) is 15.4. The van der Waals surface area contributed by atoms with Crippen LogP contribution >= 0.6 is 0 Å². The predicted molar refractivity (Wildman–Crippen MR) is 101 cm³/mol. The number of anilines is 1. The molecule has 0 aromatic heterocycles. The van der Waals surface area contributed by atoms with Gasteiger partial charge in [-0.2, -0.15) is 0 Å². The molecule has 2 atom stereocenters. The molecule has 0 saturated carbocycles. The van der Waals surface area contributed by atoms with Gasteiger partial charge in [0.25, 0.3) is 0 Å². The highest BCUT2D eigenvalue weighted by molar-refractivity contribution is 5.95. The molecule has 0 unspecified atom stereocenters. The fourth-order valence-electron chi connectivity index (χ4n) is 2.68. The molecule has 26 heavy (non-hydrogen) atoms. The van der Waals surface area contributed by atoms with E-state index in [-0.39, 0.29) is 5.91 Å². The second-order valence-corrected chi connectivity index (χ2v) is 6.37. The first kappa shape index (κ1) is 19.5. The summed E-state index contributed by atoms with van der Waals surface area (Å²) < 4.78 is 5.38. The maximum Gasteiger partial charge on any atom is 0.307 e. The van der Waals surface area contributed by atoms with Gasteiger partial charge >= 0.3 is 5.97 Å². The van der Waals surface area contributed by atoms with E-state index >= 15 is 0 Å². The van der Waals surface area contributed by atoms with E-state index in [4.69, 9.17) is 4.74 Å². The smallest absolute Gasteiger partial charge is 0.307 e. The largest absolute Gasteiger partial charge is 0.494 e. The number of aryl methyl sites for hydroxylation is 1. The van der Waals surface area contributed by atoms with Crippen LogP contribution in [0.4, 0.5) is 5.69 Å². The summed E-state index contributed by atoms with van der Waals surface area (Å²) >= 11 is 0. The summed E-state index contributed by atoms with van der Waals surface area (Å²) in [6, 6.07) is 14.8. The van der Waals surface area contributed by atoms with Crippen LogP contribution in [0.2, 0.25) is 0 Å². The number of carbonyl (C=O) groups is 2. The number of carboxylic acids is 1. The van der Waals surface area contributed by atoms with Gasteiger partial charge in [-0.25, -0.2) is 0 Å². The van der Waals surface area contributed by atoms with Crippen molar-refractivity contribution in [3.8, 4) is 5.75 Å². The maximum absolute atomic E-state index is 12.7. The Hall–Kier alpha value is -2.82.